The van der Waals surface area contributed by atoms with E-state index < -0.39 is 0 Å². The number of furan rings is 2. The first-order valence-electron chi connectivity index (χ1n) is 28.1. The van der Waals surface area contributed by atoms with E-state index in [0.717, 1.165) is 88.4 Å². The second-order valence-electron chi connectivity index (χ2n) is 21.2. The number of hydrogen-bond donors (Lipinski definition) is 0. The molecule has 5 nitrogen and oxygen atoms in total. The van der Waals surface area contributed by atoms with Gasteiger partial charge < -0.3 is 22.5 Å². The molecule has 17 aromatic rings. The predicted molar refractivity (Wildman–Crippen MR) is 349 cm³/mol. The lowest BCUT2D eigenvalue weighted by Gasteiger charge is -2.12. The SMILES string of the molecule is Brc1cccc2c1oc1c(-c3ccccc3)cccc12.c1ccc(-c2cccc3c2oc2c(-n4c5ccccc5c5ccc6ccn(-c7ccccc7)c6c54)cccc23)cc1.c1ccc(-n2ccc3ccc4c(c32)Cc2ccccc2-4)cc1. The summed E-state index contributed by atoms with van der Waals surface area (Å²) in [6, 6.07) is 98.3. The molecule has 1 aliphatic carbocycles. The first kappa shape index (κ1) is 48.5. The Labute approximate surface area is 486 Å². The van der Waals surface area contributed by atoms with Crippen molar-refractivity contribution in [2.24, 2.45) is 0 Å². The highest BCUT2D eigenvalue weighted by Crippen LogP contribution is 2.45. The van der Waals surface area contributed by atoms with E-state index in [1.165, 1.54) is 71.6 Å². The average molecular weight is 1130 g/mol. The van der Waals surface area contributed by atoms with Gasteiger partial charge in [-0.05, 0) is 104 Å². The zero-order chi connectivity index (χ0) is 55.0. The molecule has 0 fully saturated rings. The van der Waals surface area contributed by atoms with Gasteiger partial charge in [0.1, 0.15) is 16.7 Å². The van der Waals surface area contributed by atoms with Crippen LogP contribution in [0.2, 0.25) is 0 Å². The van der Waals surface area contributed by atoms with E-state index in [0.29, 0.717) is 0 Å². The van der Waals surface area contributed by atoms with Crippen molar-refractivity contribution in [3.63, 3.8) is 0 Å². The zero-order valence-corrected chi connectivity index (χ0v) is 46.5. The van der Waals surface area contributed by atoms with Crippen LogP contribution in [0.5, 0.6) is 0 Å². The van der Waals surface area contributed by atoms with Crippen molar-refractivity contribution < 1.29 is 8.83 Å². The molecule has 12 aromatic carbocycles. The third-order valence-electron chi connectivity index (χ3n) is 16.6. The minimum Gasteiger partial charge on any atom is -0.454 e. The van der Waals surface area contributed by atoms with Crippen LogP contribution >= 0.6 is 15.9 Å². The number of aromatic nitrogens is 3. The molecule has 0 bridgehead atoms. The van der Waals surface area contributed by atoms with E-state index in [-0.39, 0.29) is 0 Å². The van der Waals surface area contributed by atoms with Crippen molar-refractivity contribution in [2.75, 3.05) is 0 Å². The van der Waals surface area contributed by atoms with E-state index in [1.807, 2.05) is 30.3 Å². The van der Waals surface area contributed by atoms with E-state index in [2.05, 4.69) is 291 Å². The van der Waals surface area contributed by atoms with E-state index in [9.17, 15) is 0 Å². The average Bonchev–Trinajstić information content (AvgIpc) is 3.02. The van der Waals surface area contributed by atoms with Gasteiger partial charge in [-0.2, -0.15) is 0 Å². The van der Waals surface area contributed by atoms with Crippen LogP contribution < -0.4 is 0 Å². The van der Waals surface area contributed by atoms with Crippen molar-refractivity contribution in [2.45, 2.75) is 6.42 Å². The molecule has 0 spiro atoms. The van der Waals surface area contributed by atoms with Gasteiger partial charge in [0.25, 0.3) is 0 Å². The zero-order valence-electron chi connectivity index (χ0n) is 45.0. The molecule has 5 heterocycles. The predicted octanol–water partition coefficient (Wildman–Crippen LogP) is 21.5. The fourth-order valence-electron chi connectivity index (χ4n) is 12.8. The Bertz CT molecular complexity index is 5300. The summed E-state index contributed by atoms with van der Waals surface area (Å²) in [5.41, 5.74) is 22.2. The van der Waals surface area contributed by atoms with Gasteiger partial charge >= 0.3 is 0 Å². The van der Waals surface area contributed by atoms with Gasteiger partial charge in [0.15, 0.2) is 5.58 Å². The molecule has 18 rings (SSSR count). The highest BCUT2D eigenvalue weighted by atomic mass is 79.9. The van der Waals surface area contributed by atoms with E-state index in [4.69, 9.17) is 8.83 Å². The van der Waals surface area contributed by atoms with E-state index in [1.54, 1.807) is 0 Å². The van der Waals surface area contributed by atoms with Crippen LogP contribution in [0.4, 0.5) is 0 Å². The first-order chi connectivity index (χ1) is 41.1. The van der Waals surface area contributed by atoms with Gasteiger partial charge in [-0.15, -0.1) is 0 Å². The number of nitrogens with zero attached hydrogens (tertiary/aromatic N) is 3. The molecule has 0 atom stereocenters. The van der Waals surface area contributed by atoms with Crippen molar-refractivity contribution in [3.8, 4) is 50.4 Å². The van der Waals surface area contributed by atoms with Crippen LogP contribution in [0.1, 0.15) is 11.1 Å². The van der Waals surface area contributed by atoms with Gasteiger partial charge in [-0.25, -0.2) is 0 Å². The van der Waals surface area contributed by atoms with Crippen LogP contribution in [-0.4, -0.2) is 13.7 Å². The third-order valence-corrected chi connectivity index (χ3v) is 17.2. The molecule has 5 aromatic heterocycles. The minimum absolute atomic E-state index is 0.892. The molecule has 0 N–H and O–H groups in total. The van der Waals surface area contributed by atoms with Crippen molar-refractivity contribution in [3.05, 3.63) is 307 Å². The van der Waals surface area contributed by atoms with E-state index >= 15 is 0 Å². The normalized spacial score (nSPS) is 11.9. The molecule has 0 aliphatic heterocycles. The van der Waals surface area contributed by atoms with Gasteiger partial charge in [-0.3, -0.25) is 0 Å². The largest absolute Gasteiger partial charge is 0.454 e. The Morgan fingerprint density at radius 1 is 0.313 bits per heavy atom. The molecule has 0 amide bonds. The minimum atomic E-state index is 0.892. The summed E-state index contributed by atoms with van der Waals surface area (Å²) in [7, 11) is 0. The number of hydrogen-bond acceptors (Lipinski definition) is 2. The third kappa shape index (κ3) is 8.05. The van der Waals surface area contributed by atoms with Crippen molar-refractivity contribution in [1.82, 2.24) is 13.7 Å². The molecular formula is C77H50BrN3O2. The Morgan fingerprint density at radius 2 is 0.795 bits per heavy atom. The summed E-state index contributed by atoms with van der Waals surface area (Å²) in [6.07, 6.45) is 5.39. The smallest absolute Gasteiger partial charge is 0.159 e. The molecule has 0 saturated heterocycles. The lowest BCUT2D eigenvalue weighted by molar-refractivity contribution is 0.667. The highest BCUT2D eigenvalue weighted by Gasteiger charge is 2.24. The summed E-state index contributed by atoms with van der Waals surface area (Å²) in [4.78, 5) is 0. The topological polar surface area (TPSA) is 41.1 Å². The van der Waals surface area contributed by atoms with Gasteiger partial charge in [0.05, 0.1) is 32.2 Å². The summed E-state index contributed by atoms with van der Waals surface area (Å²) >= 11 is 3.56. The number of halogens is 1. The van der Waals surface area contributed by atoms with Gasteiger partial charge in [0.2, 0.25) is 0 Å². The highest BCUT2D eigenvalue weighted by molar-refractivity contribution is 9.10. The lowest BCUT2D eigenvalue weighted by atomic mass is 10.0. The summed E-state index contributed by atoms with van der Waals surface area (Å²) in [5.74, 6) is 0. The second kappa shape index (κ2) is 20.0. The van der Waals surface area contributed by atoms with Crippen molar-refractivity contribution in [1.29, 1.82) is 0 Å². The maximum Gasteiger partial charge on any atom is 0.159 e. The Balaban J connectivity index is 0.000000113. The number of para-hydroxylation sites is 7. The Kier molecular flexibility index (Phi) is 11.7. The monoisotopic (exact) mass is 1130 g/mol. The molecule has 0 saturated carbocycles. The van der Waals surface area contributed by atoms with Crippen LogP contribution in [0, 0.1) is 0 Å². The van der Waals surface area contributed by atoms with Gasteiger partial charge in [0, 0.05) is 84.4 Å². The molecular weight excluding hydrogens is 1080 g/mol. The van der Waals surface area contributed by atoms with Crippen molar-refractivity contribution >= 4 is 103 Å². The fraction of sp³-hybridized carbons (Fsp3) is 0.0130. The molecule has 6 heteroatoms. The van der Waals surface area contributed by atoms with Gasteiger partial charge in [-0.1, -0.05) is 224 Å². The Hall–Kier alpha value is -10.4. The molecule has 0 unspecified atom stereocenters. The first-order valence-corrected chi connectivity index (χ1v) is 28.9. The Morgan fingerprint density at radius 3 is 1.46 bits per heavy atom. The number of rotatable bonds is 5. The van der Waals surface area contributed by atoms with Crippen LogP contribution in [0.3, 0.4) is 0 Å². The summed E-state index contributed by atoms with van der Waals surface area (Å²) in [5, 5.41) is 9.51. The quantitative estimate of drug-likeness (QED) is 0.172. The number of benzene rings is 12. The van der Waals surface area contributed by atoms with Crippen LogP contribution in [-0.2, 0) is 6.42 Å². The molecule has 1 aliphatic rings. The summed E-state index contributed by atoms with van der Waals surface area (Å²) < 4.78 is 21.0. The standard InChI is InChI=1S/C38H24N2O.C21H15N.C18H11BrO/c1-3-11-25(12-4-1)28-16-9-17-31-32-18-10-20-34(38(32)41-37(28)31)40-33-19-8-7-15-29(33)30-22-21-26-23-24-39(35(26)36(30)40)27-13-5-2-6-14-27;1-2-7-17(8-3-1)22-13-12-15-10-11-19-18-9-5-4-6-16(18)14-20(19)21(15)22;19-16-11-5-10-15-14-9-4-8-13(17(14)20-18(15)16)12-6-2-1-3-7-12/h1-24H;1-13H,14H2;1-11H. The lowest BCUT2D eigenvalue weighted by Crippen LogP contribution is -1.98. The molecule has 392 valence electrons. The number of fused-ring (bicyclic) bond motifs is 16. The fourth-order valence-corrected chi connectivity index (χ4v) is 13.3. The second-order valence-corrected chi connectivity index (χ2v) is 22.1. The molecule has 83 heavy (non-hydrogen) atoms. The summed E-state index contributed by atoms with van der Waals surface area (Å²) in [6.45, 7) is 0. The van der Waals surface area contributed by atoms with Crippen LogP contribution in [0.25, 0.3) is 138 Å². The maximum absolute atomic E-state index is 6.87. The van der Waals surface area contributed by atoms with Crippen LogP contribution in [0.15, 0.2) is 305 Å². The molecule has 0 radical (unpaired) electrons. The maximum atomic E-state index is 6.87.